The van der Waals surface area contributed by atoms with Crippen molar-refractivity contribution in [2.45, 2.75) is 26.2 Å². The second-order valence-corrected chi connectivity index (χ2v) is 5.76. The van der Waals surface area contributed by atoms with E-state index >= 15 is 0 Å². The lowest BCUT2D eigenvalue weighted by Crippen LogP contribution is -2.11. The third-order valence-corrected chi connectivity index (χ3v) is 3.00. The lowest BCUT2D eigenvalue weighted by Gasteiger charge is -2.21. The van der Waals surface area contributed by atoms with E-state index in [9.17, 15) is 5.11 Å². The van der Waals surface area contributed by atoms with Crippen molar-refractivity contribution in [3.63, 3.8) is 0 Å². The second-order valence-electron chi connectivity index (χ2n) is 5.76. The third-order valence-electron chi connectivity index (χ3n) is 3.00. The summed E-state index contributed by atoms with van der Waals surface area (Å²) < 4.78 is 0. The van der Waals surface area contributed by atoms with E-state index in [1.807, 2.05) is 26.8 Å². The Hall–Kier alpha value is -2.34. The fourth-order valence-corrected chi connectivity index (χ4v) is 1.91. The molecule has 6 nitrogen and oxygen atoms in total. The monoisotopic (exact) mass is 321 g/mol. The number of hydrogen-bond acceptors (Lipinski definition) is 6. The summed E-state index contributed by atoms with van der Waals surface area (Å²) in [6.07, 6.45) is 0. The topological polar surface area (TPSA) is 110 Å². The first-order valence-electron chi connectivity index (χ1n) is 6.55. The van der Waals surface area contributed by atoms with Gasteiger partial charge in [0, 0.05) is 0 Å². The van der Waals surface area contributed by atoms with Gasteiger partial charge in [0.25, 0.3) is 0 Å². The number of rotatable bonds is 2. The first-order valence-corrected chi connectivity index (χ1v) is 6.55. The van der Waals surface area contributed by atoms with E-state index in [1.54, 1.807) is 24.3 Å². The lowest BCUT2D eigenvalue weighted by molar-refractivity contribution is 0.472. The summed E-state index contributed by atoms with van der Waals surface area (Å²) in [5.41, 5.74) is 12.8. The highest BCUT2D eigenvalue weighted by Gasteiger charge is 2.20. The maximum absolute atomic E-state index is 10.0. The predicted molar refractivity (Wildman–Crippen MR) is 91.3 cm³/mol. The van der Waals surface area contributed by atoms with Gasteiger partial charge in [0.2, 0.25) is 0 Å². The summed E-state index contributed by atoms with van der Waals surface area (Å²) in [5, 5.41) is 18.2. The van der Waals surface area contributed by atoms with Crippen LogP contribution in [0.1, 0.15) is 26.3 Å². The highest BCUT2D eigenvalue weighted by atomic mass is 35.5. The number of phenols is 1. The Morgan fingerprint density at radius 2 is 1.73 bits per heavy atom. The first kappa shape index (κ1) is 17.7. The van der Waals surface area contributed by atoms with E-state index in [1.165, 1.54) is 0 Å². The molecule has 1 heterocycles. The average molecular weight is 322 g/mol. The van der Waals surface area contributed by atoms with Gasteiger partial charge in [0.1, 0.15) is 22.9 Å². The fraction of sp³-hybridized carbons (Fsp3) is 0.267. The first-order chi connectivity index (χ1) is 9.79. The fourth-order valence-electron chi connectivity index (χ4n) is 1.91. The van der Waals surface area contributed by atoms with E-state index in [0.717, 1.165) is 5.56 Å². The minimum absolute atomic E-state index is 0. The van der Waals surface area contributed by atoms with Crippen LogP contribution in [0.2, 0.25) is 0 Å². The number of nitrogens with zero attached hydrogens (tertiary/aromatic N) is 3. The summed E-state index contributed by atoms with van der Waals surface area (Å²) >= 11 is 0. The van der Waals surface area contributed by atoms with Gasteiger partial charge in [0.05, 0.1) is 0 Å². The van der Waals surface area contributed by atoms with E-state index in [0.29, 0.717) is 17.2 Å². The van der Waals surface area contributed by atoms with Crippen LogP contribution in [0.15, 0.2) is 40.6 Å². The van der Waals surface area contributed by atoms with Gasteiger partial charge >= 0.3 is 0 Å². The van der Waals surface area contributed by atoms with Crippen LogP contribution in [-0.4, -0.2) is 10.1 Å². The zero-order chi connectivity index (χ0) is 15.6. The number of anilines is 2. The number of aromatic nitrogens is 1. The van der Waals surface area contributed by atoms with Crippen LogP contribution in [0.3, 0.4) is 0 Å². The van der Waals surface area contributed by atoms with Crippen molar-refractivity contribution in [1.82, 2.24) is 4.98 Å². The van der Waals surface area contributed by atoms with Crippen LogP contribution >= 0.6 is 12.4 Å². The number of hydrogen-bond donors (Lipinski definition) is 3. The zero-order valence-corrected chi connectivity index (χ0v) is 13.6. The Bertz CT molecular complexity index is 695. The quantitative estimate of drug-likeness (QED) is 0.723. The van der Waals surface area contributed by atoms with Crippen molar-refractivity contribution in [3.8, 4) is 5.75 Å². The Morgan fingerprint density at radius 3 is 2.32 bits per heavy atom. The van der Waals surface area contributed by atoms with E-state index < -0.39 is 0 Å². The van der Waals surface area contributed by atoms with Gasteiger partial charge < -0.3 is 16.6 Å². The molecule has 0 atom stereocenters. The molecule has 5 N–H and O–H groups in total. The number of nitrogens with two attached hydrogens (primary N) is 2. The largest absolute Gasteiger partial charge is 0.506 e. The van der Waals surface area contributed by atoms with E-state index in [4.69, 9.17) is 11.5 Å². The molecule has 0 saturated carbocycles. The number of phenolic OH excluding ortho intramolecular Hbond substituents is 1. The Morgan fingerprint density at radius 1 is 1.05 bits per heavy atom. The molecule has 0 radical (unpaired) electrons. The van der Waals surface area contributed by atoms with Gasteiger partial charge in [-0.1, -0.05) is 32.9 Å². The minimum atomic E-state index is -0.169. The summed E-state index contributed by atoms with van der Waals surface area (Å²) in [6.45, 7) is 6.12. The molecule has 1 aromatic carbocycles. The molecule has 0 aliphatic carbocycles. The van der Waals surface area contributed by atoms with Crippen molar-refractivity contribution in [2.75, 3.05) is 11.5 Å². The smallest absolute Gasteiger partial charge is 0.153 e. The molecule has 7 heteroatoms. The SMILES string of the molecule is CC(C)(C)c1cccc(O)c1/N=N/c1ccc(N)nc1N.Cl. The molecule has 0 fully saturated rings. The van der Waals surface area contributed by atoms with Gasteiger partial charge in [-0.3, -0.25) is 0 Å². The zero-order valence-electron chi connectivity index (χ0n) is 12.7. The van der Waals surface area contributed by atoms with Crippen LogP contribution in [0, 0.1) is 0 Å². The molecule has 118 valence electrons. The highest BCUT2D eigenvalue weighted by Crippen LogP contribution is 2.39. The predicted octanol–water partition coefficient (Wildman–Crippen LogP) is 4.09. The van der Waals surface area contributed by atoms with Gasteiger partial charge in [0.15, 0.2) is 5.82 Å². The summed E-state index contributed by atoms with van der Waals surface area (Å²) in [6, 6.07) is 8.51. The lowest BCUT2D eigenvalue weighted by atomic mass is 9.86. The van der Waals surface area contributed by atoms with Gasteiger partial charge in [-0.05, 0) is 29.2 Å². The maximum Gasteiger partial charge on any atom is 0.153 e. The molecule has 0 aliphatic heterocycles. The summed E-state index contributed by atoms with van der Waals surface area (Å²) in [5.74, 6) is 0.601. The molecule has 0 saturated heterocycles. The number of aromatic hydroxyl groups is 1. The number of nitrogen functional groups attached to an aromatic ring is 2. The second kappa shape index (κ2) is 6.62. The Labute approximate surface area is 135 Å². The van der Waals surface area contributed by atoms with Crippen molar-refractivity contribution < 1.29 is 5.11 Å². The number of pyridine rings is 1. The normalized spacial score (nSPS) is 11.4. The molecular weight excluding hydrogens is 302 g/mol. The summed E-state index contributed by atoms with van der Waals surface area (Å²) in [7, 11) is 0. The van der Waals surface area contributed by atoms with Crippen molar-refractivity contribution >= 4 is 35.4 Å². The molecule has 0 unspecified atom stereocenters. The molecule has 0 spiro atoms. The van der Waals surface area contributed by atoms with Gasteiger partial charge in [-0.15, -0.1) is 22.6 Å². The average Bonchev–Trinajstić information content (AvgIpc) is 2.37. The molecule has 0 amide bonds. The van der Waals surface area contributed by atoms with Crippen molar-refractivity contribution in [2.24, 2.45) is 10.2 Å². The molecular formula is C15H20ClN5O. The van der Waals surface area contributed by atoms with Crippen LogP contribution < -0.4 is 11.5 Å². The van der Waals surface area contributed by atoms with Crippen LogP contribution in [-0.2, 0) is 5.41 Å². The molecule has 0 bridgehead atoms. The van der Waals surface area contributed by atoms with E-state index in [2.05, 4.69) is 15.2 Å². The van der Waals surface area contributed by atoms with Gasteiger partial charge in [-0.2, -0.15) is 0 Å². The van der Waals surface area contributed by atoms with Gasteiger partial charge in [-0.25, -0.2) is 4.98 Å². The van der Waals surface area contributed by atoms with E-state index in [-0.39, 0.29) is 29.4 Å². The molecule has 2 aromatic rings. The Balaban J connectivity index is 0.00000242. The maximum atomic E-state index is 10.0. The molecule has 22 heavy (non-hydrogen) atoms. The molecule has 1 aromatic heterocycles. The van der Waals surface area contributed by atoms with Crippen LogP contribution in [0.5, 0.6) is 5.75 Å². The standard InChI is InChI=1S/C15H19N5O.ClH/c1-15(2,3)9-5-4-6-11(21)13(9)20-19-10-7-8-12(16)18-14(10)17;/h4-8,21H,1-3H3,(H4,16,17,18);1H/b20-19+;. The molecule has 0 aliphatic rings. The third kappa shape index (κ3) is 3.85. The van der Waals surface area contributed by atoms with Crippen LogP contribution in [0.4, 0.5) is 23.0 Å². The van der Waals surface area contributed by atoms with Crippen LogP contribution in [0.25, 0.3) is 0 Å². The minimum Gasteiger partial charge on any atom is -0.506 e. The number of halogens is 1. The molecule has 2 rings (SSSR count). The number of azo groups is 1. The Kier molecular flexibility index (Phi) is 5.33. The van der Waals surface area contributed by atoms with Crippen molar-refractivity contribution in [1.29, 1.82) is 0 Å². The highest BCUT2D eigenvalue weighted by molar-refractivity contribution is 5.85. The van der Waals surface area contributed by atoms with Crippen molar-refractivity contribution in [3.05, 3.63) is 35.9 Å². The number of benzene rings is 1. The summed E-state index contributed by atoms with van der Waals surface area (Å²) in [4.78, 5) is 3.92.